The Bertz CT molecular complexity index is 640. The summed E-state index contributed by atoms with van der Waals surface area (Å²) < 4.78 is 0. The number of nitrogens with one attached hydrogen (secondary N) is 1. The highest BCUT2D eigenvalue weighted by molar-refractivity contribution is 5.93. The van der Waals surface area contributed by atoms with E-state index < -0.39 is 5.97 Å². The van der Waals surface area contributed by atoms with Crippen molar-refractivity contribution in [3.8, 4) is 0 Å². The Morgan fingerprint density at radius 3 is 2.57 bits per heavy atom. The minimum atomic E-state index is -1.11. The van der Waals surface area contributed by atoms with E-state index in [2.05, 4.69) is 36.1 Å². The van der Waals surface area contributed by atoms with Gasteiger partial charge in [0.15, 0.2) is 0 Å². The molecule has 21 heavy (non-hydrogen) atoms. The van der Waals surface area contributed by atoms with E-state index in [0.29, 0.717) is 17.3 Å². The van der Waals surface area contributed by atoms with Gasteiger partial charge in [0, 0.05) is 11.4 Å². The highest BCUT2D eigenvalue weighted by Gasteiger charge is 2.14. The number of carboxylic acids is 1. The normalized spacial score (nSPS) is 12.6. The van der Waals surface area contributed by atoms with Gasteiger partial charge in [-0.05, 0) is 37.8 Å². The van der Waals surface area contributed by atoms with E-state index >= 15 is 0 Å². The smallest absolute Gasteiger partial charge is 0.374 e. The van der Waals surface area contributed by atoms with Crippen LogP contribution < -0.4 is 5.32 Å². The van der Waals surface area contributed by atoms with Gasteiger partial charge in [0.25, 0.3) is 0 Å². The lowest BCUT2D eigenvalue weighted by Crippen LogP contribution is -2.18. The molecule has 0 aliphatic heterocycles. The van der Waals surface area contributed by atoms with Gasteiger partial charge in [-0.15, -0.1) is 0 Å². The second kappa shape index (κ2) is 6.52. The zero-order chi connectivity index (χ0) is 15.4. The van der Waals surface area contributed by atoms with Gasteiger partial charge >= 0.3 is 5.97 Å². The summed E-state index contributed by atoms with van der Waals surface area (Å²) in [6.07, 6.45) is 2.13. The molecule has 1 unspecified atom stereocenters. The zero-order valence-electron chi connectivity index (χ0n) is 12.6. The summed E-state index contributed by atoms with van der Waals surface area (Å²) in [6.45, 7) is 6.46. The first-order valence-corrected chi connectivity index (χ1v) is 7.24. The minimum Gasteiger partial charge on any atom is -0.475 e. The van der Waals surface area contributed by atoms with Gasteiger partial charge in [-0.1, -0.05) is 26.0 Å². The third kappa shape index (κ3) is 3.90. The van der Waals surface area contributed by atoms with E-state index in [1.807, 2.05) is 18.2 Å². The summed E-state index contributed by atoms with van der Waals surface area (Å²) in [5.41, 5.74) is 0.642. The van der Waals surface area contributed by atoms with Crippen molar-refractivity contribution in [2.75, 3.05) is 5.32 Å². The summed E-state index contributed by atoms with van der Waals surface area (Å²) in [6, 6.07) is 7.67. The van der Waals surface area contributed by atoms with Crippen molar-refractivity contribution in [2.24, 2.45) is 5.92 Å². The van der Waals surface area contributed by atoms with Crippen LogP contribution in [0.3, 0.4) is 0 Å². The first kappa shape index (κ1) is 15.2. The van der Waals surface area contributed by atoms with Crippen molar-refractivity contribution in [3.63, 3.8) is 0 Å². The van der Waals surface area contributed by atoms with E-state index in [1.54, 1.807) is 6.07 Å². The van der Waals surface area contributed by atoms with Gasteiger partial charge in [-0.25, -0.2) is 14.8 Å². The molecule has 2 rings (SSSR count). The van der Waals surface area contributed by atoms with Crippen LogP contribution in [0.4, 0.5) is 5.82 Å². The van der Waals surface area contributed by atoms with Gasteiger partial charge < -0.3 is 10.4 Å². The standard InChI is InChI=1S/C16H21N3O2/c1-10(2)8-9-11(3)17-14-12-6-4-5-7-13(12)18-15(19-14)16(20)21/h4-7,10-11H,8-9H2,1-3H3,(H,20,21)(H,17,18,19). The summed E-state index contributed by atoms with van der Waals surface area (Å²) in [7, 11) is 0. The third-order valence-corrected chi connectivity index (χ3v) is 3.35. The molecule has 112 valence electrons. The van der Waals surface area contributed by atoms with Crippen LogP contribution in [0.2, 0.25) is 0 Å². The van der Waals surface area contributed by atoms with Crippen LogP contribution in [0.5, 0.6) is 0 Å². The molecular formula is C16H21N3O2. The molecule has 2 N–H and O–H groups in total. The highest BCUT2D eigenvalue weighted by Crippen LogP contribution is 2.22. The Kier molecular flexibility index (Phi) is 4.73. The van der Waals surface area contributed by atoms with Crippen molar-refractivity contribution < 1.29 is 9.90 Å². The number of rotatable bonds is 6. The minimum absolute atomic E-state index is 0.174. The topological polar surface area (TPSA) is 75.1 Å². The maximum Gasteiger partial charge on any atom is 0.374 e. The van der Waals surface area contributed by atoms with E-state index in [-0.39, 0.29) is 11.9 Å². The molecule has 0 saturated carbocycles. The predicted molar refractivity (Wildman–Crippen MR) is 83.7 cm³/mol. The molecule has 0 bridgehead atoms. The molecule has 1 atom stereocenters. The van der Waals surface area contributed by atoms with Gasteiger partial charge in [0.2, 0.25) is 5.82 Å². The van der Waals surface area contributed by atoms with Crippen LogP contribution in [-0.4, -0.2) is 27.1 Å². The second-order valence-corrected chi connectivity index (χ2v) is 5.73. The Morgan fingerprint density at radius 1 is 1.19 bits per heavy atom. The Labute approximate surface area is 124 Å². The van der Waals surface area contributed by atoms with Crippen molar-refractivity contribution in [3.05, 3.63) is 30.1 Å². The number of carboxylic acid groups (broad SMARTS) is 1. The highest BCUT2D eigenvalue weighted by atomic mass is 16.4. The number of benzene rings is 1. The first-order valence-electron chi connectivity index (χ1n) is 7.24. The number of aromatic carboxylic acids is 1. The number of nitrogens with zero attached hydrogens (tertiary/aromatic N) is 2. The van der Waals surface area contributed by atoms with Crippen LogP contribution >= 0.6 is 0 Å². The van der Waals surface area contributed by atoms with Crippen LogP contribution in [0.1, 0.15) is 44.2 Å². The van der Waals surface area contributed by atoms with E-state index in [9.17, 15) is 4.79 Å². The molecule has 0 radical (unpaired) electrons. The first-order chi connectivity index (χ1) is 9.97. The molecule has 1 heterocycles. The number of fused-ring (bicyclic) bond motifs is 1. The number of aromatic nitrogens is 2. The molecule has 0 fully saturated rings. The third-order valence-electron chi connectivity index (χ3n) is 3.35. The van der Waals surface area contributed by atoms with E-state index in [0.717, 1.165) is 18.2 Å². The summed E-state index contributed by atoms with van der Waals surface area (Å²) in [4.78, 5) is 19.4. The molecular weight excluding hydrogens is 266 g/mol. The largest absolute Gasteiger partial charge is 0.475 e. The lowest BCUT2D eigenvalue weighted by Gasteiger charge is -2.17. The van der Waals surface area contributed by atoms with Crippen LogP contribution in [0, 0.1) is 5.92 Å². The lowest BCUT2D eigenvalue weighted by atomic mass is 10.0. The average molecular weight is 287 g/mol. The number of carbonyl (C=O) groups is 1. The predicted octanol–water partition coefficient (Wildman–Crippen LogP) is 3.56. The van der Waals surface area contributed by atoms with Gasteiger partial charge in [-0.2, -0.15) is 0 Å². The van der Waals surface area contributed by atoms with Gasteiger partial charge in [-0.3, -0.25) is 0 Å². The van der Waals surface area contributed by atoms with Crippen LogP contribution in [0.15, 0.2) is 24.3 Å². The van der Waals surface area contributed by atoms with Crippen LogP contribution in [0.25, 0.3) is 10.9 Å². The summed E-state index contributed by atoms with van der Waals surface area (Å²) >= 11 is 0. The molecule has 5 nitrogen and oxygen atoms in total. The average Bonchev–Trinajstić information content (AvgIpc) is 2.45. The summed E-state index contributed by atoms with van der Waals surface area (Å²) in [5, 5.41) is 13.3. The van der Waals surface area contributed by atoms with Crippen molar-refractivity contribution >= 4 is 22.7 Å². The molecule has 1 aromatic heterocycles. The maximum absolute atomic E-state index is 11.1. The molecule has 2 aromatic rings. The Balaban J connectivity index is 2.30. The number of para-hydroxylation sites is 1. The molecule has 0 aliphatic carbocycles. The fourth-order valence-electron chi connectivity index (χ4n) is 2.17. The van der Waals surface area contributed by atoms with Gasteiger partial charge in [0.1, 0.15) is 5.82 Å². The molecule has 0 amide bonds. The fraction of sp³-hybridized carbons (Fsp3) is 0.438. The zero-order valence-corrected chi connectivity index (χ0v) is 12.6. The maximum atomic E-state index is 11.1. The SMILES string of the molecule is CC(C)CCC(C)Nc1nc(C(=O)O)nc2ccccc12. The number of hydrogen-bond acceptors (Lipinski definition) is 4. The fourth-order valence-corrected chi connectivity index (χ4v) is 2.17. The number of anilines is 1. The molecule has 5 heteroatoms. The number of hydrogen-bond donors (Lipinski definition) is 2. The monoisotopic (exact) mass is 287 g/mol. The van der Waals surface area contributed by atoms with E-state index in [1.165, 1.54) is 0 Å². The van der Waals surface area contributed by atoms with E-state index in [4.69, 9.17) is 5.11 Å². The quantitative estimate of drug-likeness (QED) is 0.849. The molecule has 0 aliphatic rings. The molecule has 1 aromatic carbocycles. The van der Waals surface area contributed by atoms with Crippen molar-refractivity contribution in [1.82, 2.24) is 9.97 Å². The molecule has 0 spiro atoms. The van der Waals surface area contributed by atoms with Crippen molar-refractivity contribution in [2.45, 2.75) is 39.7 Å². The summed E-state index contributed by atoms with van der Waals surface area (Å²) in [5.74, 6) is -0.0499. The van der Waals surface area contributed by atoms with Crippen LogP contribution in [-0.2, 0) is 0 Å². The lowest BCUT2D eigenvalue weighted by molar-refractivity contribution is 0.0684. The Hall–Kier alpha value is -2.17. The van der Waals surface area contributed by atoms with Gasteiger partial charge in [0.05, 0.1) is 5.52 Å². The molecule has 0 saturated heterocycles. The second-order valence-electron chi connectivity index (χ2n) is 5.73. The van der Waals surface area contributed by atoms with Crippen molar-refractivity contribution in [1.29, 1.82) is 0 Å². The Morgan fingerprint density at radius 2 is 1.90 bits per heavy atom.